The summed E-state index contributed by atoms with van der Waals surface area (Å²) in [6.45, 7) is 10.3. The largest absolute Gasteiger partial charge is 0.342 e. The minimum absolute atomic E-state index is 0.532. The van der Waals surface area contributed by atoms with Gasteiger partial charge in [0.05, 0.1) is 29.8 Å². The van der Waals surface area contributed by atoms with E-state index in [4.69, 9.17) is 17.3 Å². The lowest BCUT2D eigenvalue weighted by Crippen LogP contribution is -2.25. The Morgan fingerprint density at radius 2 is 2.12 bits per heavy atom. The second-order valence-corrected chi connectivity index (χ2v) is 6.44. The first-order valence-electron chi connectivity index (χ1n) is 8.51. The number of rotatable bonds is 4. The Hall–Kier alpha value is -2.91. The molecule has 0 aliphatic carbocycles. The fourth-order valence-corrected chi connectivity index (χ4v) is 3.41. The van der Waals surface area contributed by atoms with Gasteiger partial charge < -0.3 is 15.2 Å². The molecule has 0 bridgehead atoms. The molecule has 1 aliphatic heterocycles. The fourth-order valence-electron chi connectivity index (χ4n) is 3.41. The maximum absolute atomic E-state index is 7.06. The zero-order chi connectivity index (χ0) is 17.2. The summed E-state index contributed by atoms with van der Waals surface area (Å²) in [5.41, 5.74) is 9.43. The van der Waals surface area contributed by atoms with E-state index in [1.165, 1.54) is 0 Å². The van der Waals surface area contributed by atoms with Crippen LogP contribution in [0.4, 0.5) is 11.6 Å². The molecule has 0 radical (unpaired) electrons. The van der Waals surface area contributed by atoms with Gasteiger partial charge in [-0.1, -0.05) is 18.2 Å². The number of pyridine rings is 1. The van der Waals surface area contributed by atoms with E-state index in [9.17, 15) is 0 Å². The summed E-state index contributed by atoms with van der Waals surface area (Å²) in [5.74, 6) is 1.51. The van der Waals surface area contributed by atoms with E-state index in [2.05, 4.69) is 25.4 Å². The molecular weight excluding hydrogens is 312 g/mol. The predicted molar refractivity (Wildman–Crippen MR) is 98.7 cm³/mol. The number of hydrogen-bond donors (Lipinski definition) is 1. The van der Waals surface area contributed by atoms with Crippen LogP contribution in [0.1, 0.15) is 12.1 Å². The van der Waals surface area contributed by atoms with E-state index >= 15 is 0 Å². The van der Waals surface area contributed by atoms with Crippen LogP contribution in [0, 0.1) is 12.5 Å². The number of imidazole rings is 1. The van der Waals surface area contributed by atoms with Crippen LogP contribution in [0.3, 0.4) is 0 Å². The highest BCUT2D eigenvalue weighted by molar-refractivity contribution is 5.79. The lowest BCUT2D eigenvalue weighted by atomic mass is 10.1. The van der Waals surface area contributed by atoms with E-state index in [1.54, 1.807) is 6.20 Å². The van der Waals surface area contributed by atoms with Gasteiger partial charge in [0, 0.05) is 19.3 Å². The smallest absolute Gasteiger partial charge is 0.206 e. The SMILES string of the molecule is [C-]#[N+]c1ccc(Cn2c(N3CC[C@@H](CN)C3)nc3ccccc32)nc1. The Balaban J connectivity index is 1.72. The van der Waals surface area contributed by atoms with Crippen molar-refractivity contribution in [2.45, 2.75) is 13.0 Å². The third kappa shape index (κ3) is 2.94. The number of benzene rings is 1. The molecule has 0 spiro atoms. The molecule has 0 unspecified atom stereocenters. The molecule has 2 aromatic heterocycles. The van der Waals surface area contributed by atoms with Gasteiger partial charge in [-0.15, -0.1) is 0 Å². The summed E-state index contributed by atoms with van der Waals surface area (Å²) in [7, 11) is 0. The number of anilines is 1. The zero-order valence-corrected chi connectivity index (χ0v) is 14.0. The van der Waals surface area contributed by atoms with Crippen molar-refractivity contribution in [1.82, 2.24) is 14.5 Å². The monoisotopic (exact) mass is 332 g/mol. The summed E-state index contributed by atoms with van der Waals surface area (Å²) in [6.07, 6.45) is 2.74. The second kappa shape index (κ2) is 6.54. The topological polar surface area (TPSA) is 64.3 Å². The predicted octanol–water partition coefficient (Wildman–Crippen LogP) is 2.82. The fraction of sp³-hybridized carbons (Fsp3) is 0.316. The van der Waals surface area contributed by atoms with Gasteiger partial charge >= 0.3 is 0 Å². The molecule has 126 valence electrons. The molecule has 1 saturated heterocycles. The maximum atomic E-state index is 7.06. The lowest BCUT2D eigenvalue weighted by Gasteiger charge is -2.19. The van der Waals surface area contributed by atoms with Gasteiger partial charge in [0.2, 0.25) is 11.6 Å². The van der Waals surface area contributed by atoms with Crippen molar-refractivity contribution in [2.75, 3.05) is 24.5 Å². The van der Waals surface area contributed by atoms with Crippen LogP contribution in [0.15, 0.2) is 42.6 Å². The molecule has 1 atom stereocenters. The highest BCUT2D eigenvalue weighted by atomic mass is 15.3. The Labute approximate surface area is 146 Å². The van der Waals surface area contributed by atoms with Crippen molar-refractivity contribution in [2.24, 2.45) is 11.7 Å². The molecule has 0 amide bonds. The van der Waals surface area contributed by atoms with E-state index in [0.717, 1.165) is 48.7 Å². The van der Waals surface area contributed by atoms with Crippen molar-refractivity contribution in [3.05, 3.63) is 59.7 Å². The Morgan fingerprint density at radius 1 is 1.24 bits per heavy atom. The van der Waals surface area contributed by atoms with E-state index in [0.29, 0.717) is 18.2 Å². The minimum atomic E-state index is 0.532. The number of nitrogens with zero attached hydrogens (tertiary/aromatic N) is 5. The van der Waals surface area contributed by atoms with E-state index in [1.807, 2.05) is 30.3 Å². The van der Waals surface area contributed by atoms with Gasteiger partial charge in [0.25, 0.3) is 0 Å². The first kappa shape index (κ1) is 15.6. The van der Waals surface area contributed by atoms with Crippen molar-refractivity contribution in [3.63, 3.8) is 0 Å². The standard InChI is InChI=1S/C19H20N6/c1-21-15-6-7-16(22-11-15)13-25-18-5-3-2-4-17(18)23-19(25)24-9-8-14(10-20)12-24/h2-7,11,14H,8-10,12-13,20H2/t14-/m0/s1. The number of aromatic nitrogens is 3. The quantitative estimate of drug-likeness (QED) is 0.746. The van der Waals surface area contributed by atoms with Gasteiger partial charge in [-0.3, -0.25) is 4.98 Å². The molecule has 0 saturated carbocycles. The van der Waals surface area contributed by atoms with E-state index in [-0.39, 0.29) is 0 Å². The van der Waals surface area contributed by atoms with Crippen LogP contribution in [-0.4, -0.2) is 34.2 Å². The normalized spacial score (nSPS) is 17.1. The average molecular weight is 332 g/mol. The molecule has 3 heterocycles. The van der Waals surface area contributed by atoms with Gasteiger partial charge in [-0.05, 0) is 37.1 Å². The summed E-state index contributed by atoms with van der Waals surface area (Å²) in [4.78, 5) is 15.0. The zero-order valence-electron chi connectivity index (χ0n) is 14.0. The van der Waals surface area contributed by atoms with E-state index < -0.39 is 0 Å². The van der Waals surface area contributed by atoms with Gasteiger partial charge in [-0.2, -0.15) is 0 Å². The van der Waals surface area contributed by atoms with Crippen molar-refractivity contribution in [1.29, 1.82) is 0 Å². The highest BCUT2D eigenvalue weighted by Crippen LogP contribution is 2.28. The summed E-state index contributed by atoms with van der Waals surface area (Å²) in [5, 5.41) is 0. The molecule has 2 N–H and O–H groups in total. The van der Waals surface area contributed by atoms with Gasteiger partial charge in [-0.25, -0.2) is 9.83 Å². The number of fused-ring (bicyclic) bond motifs is 1. The van der Waals surface area contributed by atoms with Crippen LogP contribution in [0.25, 0.3) is 15.9 Å². The first-order valence-corrected chi connectivity index (χ1v) is 8.51. The van der Waals surface area contributed by atoms with Gasteiger partial charge in [0.15, 0.2) is 0 Å². The van der Waals surface area contributed by atoms with Crippen molar-refractivity contribution in [3.8, 4) is 0 Å². The first-order chi connectivity index (χ1) is 12.3. The molecule has 1 fully saturated rings. The third-order valence-corrected chi connectivity index (χ3v) is 4.79. The number of hydrogen-bond acceptors (Lipinski definition) is 4. The minimum Gasteiger partial charge on any atom is -0.342 e. The summed E-state index contributed by atoms with van der Waals surface area (Å²) in [6, 6.07) is 11.9. The molecule has 1 aliphatic rings. The Morgan fingerprint density at radius 3 is 2.84 bits per heavy atom. The van der Waals surface area contributed by atoms with Crippen LogP contribution in [0.5, 0.6) is 0 Å². The lowest BCUT2D eigenvalue weighted by molar-refractivity contribution is 0.600. The van der Waals surface area contributed by atoms with Crippen LogP contribution in [-0.2, 0) is 6.54 Å². The van der Waals surface area contributed by atoms with Crippen LogP contribution in [0.2, 0.25) is 0 Å². The van der Waals surface area contributed by atoms with Crippen LogP contribution < -0.4 is 10.6 Å². The Bertz CT molecular complexity index is 921. The van der Waals surface area contributed by atoms with Crippen LogP contribution >= 0.6 is 0 Å². The average Bonchev–Trinajstić information content (AvgIpc) is 3.27. The Kier molecular flexibility index (Phi) is 4.08. The van der Waals surface area contributed by atoms with Gasteiger partial charge in [0.1, 0.15) is 0 Å². The molecule has 25 heavy (non-hydrogen) atoms. The molecule has 6 heteroatoms. The molecule has 4 rings (SSSR count). The number of nitrogens with two attached hydrogens (primary N) is 1. The summed E-state index contributed by atoms with van der Waals surface area (Å²) >= 11 is 0. The summed E-state index contributed by atoms with van der Waals surface area (Å²) < 4.78 is 2.22. The van der Waals surface area contributed by atoms with Crippen molar-refractivity contribution >= 4 is 22.7 Å². The molecular formula is C19H20N6. The molecule has 3 aromatic rings. The van der Waals surface area contributed by atoms with Crippen molar-refractivity contribution < 1.29 is 0 Å². The molecule has 1 aromatic carbocycles. The molecule has 6 nitrogen and oxygen atoms in total. The highest BCUT2D eigenvalue weighted by Gasteiger charge is 2.26. The number of para-hydroxylation sites is 2. The second-order valence-electron chi connectivity index (χ2n) is 6.44. The maximum Gasteiger partial charge on any atom is 0.206 e. The third-order valence-electron chi connectivity index (χ3n) is 4.79.